The zero-order valence-corrected chi connectivity index (χ0v) is 14.4. The van der Waals surface area contributed by atoms with Crippen LogP contribution in [-0.2, 0) is 4.79 Å². The average Bonchev–Trinajstić information content (AvgIpc) is 3.07. The molecule has 0 aliphatic carbocycles. The maximum absolute atomic E-state index is 11.7. The van der Waals surface area contributed by atoms with Gasteiger partial charge in [0.2, 0.25) is 6.79 Å². The van der Waals surface area contributed by atoms with Gasteiger partial charge in [-0.15, -0.1) is 0 Å². The van der Waals surface area contributed by atoms with E-state index in [2.05, 4.69) is 26.5 Å². The van der Waals surface area contributed by atoms with E-state index in [9.17, 15) is 4.79 Å². The van der Waals surface area contributed by atoms with Gasteiger partial charge in [-0.25, -0.2) is 5.43 Å². The second kappa shape index (κ2) is 7.68. The standard InChI is InChI=1S/C17H12BrN3O4/c18-14-6-16-15(24-10-25-16)5-12(14)8-20-21-17(22)9-23-13-3-1-11(7-19)2-4-13/h1-6,8H,9-10H2,(H,21,22)/b20-8-. The SMILES string of the molecule is N#Cc1ccc(OCC(=O)N/N=C\c2cc3c(cc2Br)OCO3)cc1. The van der Waals surface area contributed by atoms with Gasteiger partial charge >= 0.3 is 0 Å². The first-order valence-corrected chi connectivity index (χ1v) is 7.99. The third kappa shape index (κ3) is 4.28. The number of halogens is 1. The first kappa shape index (κ1) is 16.8. The number of amides is 1. The molecule has 1 amide bonds. The summed E-state index contributed by atoms with van der Waals surface area (Å²) < 4.78 is 16.6. The maximum Gasteiger partial charge on any atom is 0.277 e. The molecule has 0 bridgehead atoms. The predicted molar refractivity (Wildman–Crippen MR) is 92.7 cm³/mol. The van der Waals surface area contributed by atoms with E-state index < -0.39 is 5.91 Å². The van der Waals surface area contributed by atoms with Gasteiger partial charge in [-0.1, -0.05) is 0 Å². The molecule has 0 saturated heterocycles. The number of hydrogen-bond acceptors (Lipinski definition) is 6. The van der Waals surface area contributed by atoms with E-state index in [-0.39, 0.29) is 13.4 Å². The van der Waals surface area contributed by atoms with E-state index in [0.717, 1.165) is 10.0 Å². The summed E-state index contributed by atoms with van der Waals surface area (Å²) in [5.74, 6) is 1.37. The fourth-order valence-corrected chi connectivity index (χ4v) is 2.44. The van der Waals surface area contributed by atoms with E-state index in [1.165, 1.54) is 6.21 Å². The van der Waals surface area contributed by atoms with Crippen molar-refractivity contribution in [3.63, 3.8) is 0 Å². The van der Waals surface area contributed by atoms with Gasteiger partial charge in [-0.05, 0) is 52.3 Å². The zero-order chi connectivity index (χ0) is 17.6. The average molecular weight is 402 g/mol. The molecule has 1 aliphatic heterocycles. The van der Waals surface area contributed by atoms with Crippen molar-refractivity contribution < 1.29 is 19.0 Å². The lowest BCUT2D eigenvalue weighted by atomic mass is 10.2. The van der Waals surface area contributed by atoms with Crippen molar-refractivity contribution in [2.75, 3.05) is 13.4 Å². The van der Waals surface area contributed by atoms with Crippen molar-refractivity contribution in [1.82, 2.24) is 5.43 Å². The van der Waals surface area contributed by atoms with Crippen LogP contribution in [0.4, 0.5) is 0 Å². The van der Waals surface area contributed by atoms with Crippen LogP contribution in [0.25, 0.3) is 0 Å². The Morgan fingerprint density at radius 2 is 2.04 bits per heavy atom. The molecule has 0 saturated carbocycles. The Hall–Kier alpha value is -3.05. The molecule has 3 rings (SSSR count). The van der Waals surface area contributed by atoms with Crippen LogP contribution in [0.1, 0.15) is 11.1 Å². The molecule has 1 aliphatic rings. The van der Waals surface area contributed by atoms with Crippen molar-refractivity contribution in [3.8, 4) is 23.3 Å². The molecule has 7 nitrogen and oxygen atoms in total. The van der Waals surface area contributed by atoms with Gasteiger partial charge in [0.05, 0.1) is 17.8 Å². The Morgan fingerprint density at radius 3 is 2.76 bits per heavy atom. The molecule has 0 radical (unpaired) electrons. The monoisotopic (exact) mass is 401 g/mol. The highest BCUT2D eigenvalue weighted by Gasteiger charge is 2.15. The minimum atomic E-state index is -0.405. The highest BCUT2D eigenvalue weighted by molar-refractivity contribution is 9.10. The Balaban J connectivity index is 1.52. The van der Waals surface area contributed by atoms with Crippen LogP contribution < -0.4 is 19.6 Å². The number of fused-ring (bicyclic) bond motifs is 1. The molecule has 0 unspecified atom stereocenters. The Labute approximate surface area is 151 Å². The Kier molecular flexibility index (Phi) is 5.16. The highest BCUT2D eigenvalue weighted by Crippen LogP contribution is 2.36. The lowest BCUT2D eigenvalue weighted by Gasteiger charge is -2.05. The third-order valence-corrected chi connectivity index (χ3v) is 3.92. The number of hydrazone groups is 1. The molecule has 2 aromatic rings. The van der Waals surface area contributed by atoms with Crippen LogP contribution in [0.3, 0.4) is 0 Å². The van der Waals surface area contributed by atoms with Gasteiger partial charge in [0.15, 0.2) is 18.1 Å². The Bertz CT molecular complexity index is 859. The molecule has 0 atom stereocenters. The van der Waals surface area contributed by atoms with Gasteiger partial charge in [0.1, 0.15) is 5.75 Å². The van der Waals surface area contributed by atoms with Crippen LogP contribution in [0.5, 0.6) is 17.2 Å². The number of ether oxygens (including phenoxy) is 3. The fourth-order valence-electron chi connectivity index (χ4n) is 2.01. The fraction of sp³-hybridized carbons (Fsp3) is 0.118. The molecule has 126 valence electrons. The summed E-state index contributed by atoms with van der Waals surface area (Å²) in [6, 6.07) is 12.0. The molecule has 8 heteroatoms. The highest BCUT2D eigenvalue weighted by atomic mass is 79.9. The first-order chi connectivity index (χ1) is 12.2. The summed E-state index contributed by atoms with van der Waals surface area (Å²) in [4.78, 5) is 11.7. The minimum Gasteiger partial charge on any atom is -0.484 e. The van der Waals surface area contributed by atoms with Gasteiger partial charge < -0.3 is 14.2 Å². The van der Waals surface area contributed by atoms with Gasteiger partial charge in [0, 0.05) is 10.0 Å². The summed E-state index contributed by atoms with van der Waals surface area (Å²) in [6.07, 6.45) is 1.49. The molecule has 25 heavy (non-hydrogen) atoms. The molecule has 1 N–H and O–H groups in total. The number of hydrogen-bond donors (Lipinski definition) is 1. The number of carbonyl (C=O) groups is 1. The van der Waals surface area contributed by atoms with E-state index in [1.807, 2.05) is 6.07 Å². The van der Waals surface area contributed by atoms with E-state index in [0.29, 0.717) is 22.8 Å². The molecular weight excluding hydrogens is 390 g/mol. The van der Waals surface area contributed by atoms with Crippen molar-refractivity contribution in [2.45, 2.75) is 0 Å². The van der Waals surface area contributed by atoms with Crippen molar-refractivity contribution >= 4 is 28.1 Å². The Morgan fingerprint density at radius 1 is 1.32 bits per heavy atom. The zero-order valence-electron chi connectivity index (χ0n) is 12.9. The topological polar surface area (TPSA) is 92.9 Å². The smallest absolute Gasteiger partial charge is 0.277 e. The third-order valence-electron chi connectivity index (χ3n) is 3.24. The summed E-state index contributed by atoms with van der Waals surface area (Å²) in [6.45, 7) is -0.00264. The molecule has 1 heterocycles. The second-order valence-corrected chi connectivity index (χ2v) is 5.80. The molecule has 2 aromatic carbocycles. The van der Waals surface area contributed by atoms with Gasteiger partial charge in [-0.2, -0.15) is 10.4 Å². The number of benzene rings is 2. The predicted octanol–water partition coefficient (Wildman–Crippen LogP) is 2.58. The maximum atomic E-state index is 11.7. The number of nitrogens with one attached hydrogen (secondary N) is 1. The summed E-state index contributed by atoms with van der Waals surface area (Å²) in [7, 11) is 0. The normalized spacial score (nSPS) is 12.0. The number of nitrogens with zero attached hydrogens (tertiary/aromatic N) is 2. The summed E-state index contributed by atoms with van der Waals surface area (Å²) in [5, 5.41) is 12.6. The second-order valence-electron chi connectivity index (χ2n) is 4.95. The van der Waals surface area contributed by atoms with Crippen LogP contribution >= 0.6 is 15.9 Å². The van der Waals surface area contributed by atoms with Gasteiger partial charge in [-0.3, -0.25) is 4.79 Å². The molecule has 0 aromatic heterocycles. The summed E-state index contributed by atoms with van der Waals surface area (Å²) in [5.41, 5.74) is 3.64. The lowest BCUT2D eigenvalue weighted by molar-refractivity contribution is -0.123. The minimum absolute atomic E-state index is 0.186. The molecule has 0 spiro atoms. The van der Waals surface area contributed by atoms with Crippen LogP contribution in [-0.4, -0.2) is 25.5 Å². The number of rotatable bonds is 5. The lowest BCUT2D eigenvalue weighted by Crippen LogP contribution is -2.24. The van der Waals surface area contributed by atoms with Crippen LogP contribution in [0, 0.1) is 11.3 Å². The first-order valence-electron chi connectivity index (χ1n) is 7.20. The van der Waals surface area contributed by atoms with Crippen LogP contribution in [0.15, 0.2) is 46.0 Å². The summed E-state index contributed by atoms with van der Waals surface area (Å²) >= 11 is 3.40. The van der Waals surface area contributed by atoms with Crippen molar-refractivity contribution in [3.05, 3.63) is 52.0 Å². The van der Waals surface area contributed by atoms with Crippen molar-refractivity contribution in [1.29, 1.82) is 5.26 Å². The van der Waals surface area contributed by atoms with E-state index in [1.54, 1.807) is 36.4 Å². The van der Waals surface area contributed by atoms with Crippen molar-refractivity contribution in [2.24, 2.45) is 5.10 Å². The van der Waals surface area contributed by atoms with E-state index in [4.69, 9.17) is 19.5 Å². The molecule has 0 fully saturated rings. The molecular formula is C17H12BrN3O4. The number of nitriles is 1. The van der Waals surface area contributed by atoms with E-state index >= 15 is 0 Å². The quantitative estimate of drug-likeness (QED) is 0.613. The van der Waals surface area contributed by atoms with Gasteiger partial charge in [0.25, 0.3) is 5.91 Å². The largest absolute Gasteiger partial charge is 0.484 e. The van der Waals surface area contributed by atoms with Crippen LogP contribution in [0.2, 0.25) is 0 Å². The number of carbonyl (C=O) groups excluding carboxylic acids is 1.